The third-order valence-electron chi connectivity index (χ3n) is 2.92. The lowest BCUT2D eigenvalue weighted by Crippen LogP contribution is -2.23. The second-order valence-corrected chi connectivity index (χ2v) is 6.76. The van der Waals surface area contributed by atoms with Gasteiger partial charge in [-0.05, 0) is 30.9 Å². The van der Waals surface area contributed by atoms with Crippen LogP contribution in [0.3, 0.4) is 0 Å². The van der Waals surface area contributed by atoms with Gasteiger partial charge in [-0.1, -0.05) is 38.5 Å². The van der Waals surface area contributed by atoms with Crippen molar-refractivity contribution in [2.24, 2.45) is 5.73 Å². The molecule has 0 radical (unpaired) electrons. The van der Waals surface area contributed by atoms with E-state index in [0.29, 0.717) is 17.7 Å². The molecular formula is C14H23NO2S. The lowest BCUT2D eigenvalue weighted by atomic mass is 10.0. The van der Waals surface area contributed by atoms with Crippen molar-refractivity contribution in [1.29, 1.82) is 0 Å². The Morgan fingerprint density at radius 1 is 1.17 bits per heavy atom. The van der Waals surface area contributed by atoms with E-state index in [9.17, 15) is 8.42 Å². The molecule has 1 atom stereocenters. The Morgan fingerprint density at radius 3 is 2.44 bits per heavy atom. The molecule has 0 bridgehead atoms. The highest BCUT2D eigenvalue weighted by atomic mass is 32.2. The predicted molar refractivity (Wildman–Crippen MR) is 75.4 cm³/mol. The highest BCUT2D eigenvalue weighted by Crippen LogP contribution is 2.19. The van der Waals surface area contributed by atoms with Crippen molar-refractivity contribution in [1.82, 2.24) is 0 Å². The van der Waals surface area contributed by atoms with Gasteiger partial charge in [0.25, 0.3) is 0 Å². The minimum atomic E-state index is -3.16. The van der Waals surface area contributed by atoms with Gasteiger partial charge in [0.1, 0.15) is 0 Å². The van der Waals surface area contributed by atoms with E-state index in [0.717, 1.165) is 18.4 Å². The van der Waals surface area contributed by atoms with Gasteiger partial charge in [0.2, 0.25) is 0 Å². The van der Waals surface area contributed by atoms with Crippen molar-refractivity contribution in [3.05, 3.63) is 29.8 Å². The zero-order valence-corrected chi connectivity index (χ0v) is 12.0. The average Bonchev–Trinajstić information content (AvgIpc) is 2.29. The molecule has 0 aliphatic carbocycles. The molecule has 0 heterocycles. The number of hydrogen-bond donors (Lipinski definition) is 1. The summed E-state index contributed by atoms with van der Waals surface area (Å²) in [6.45, 7) is 3.96. The molecule has 0 fully saturated rings. The number of hydrogen-bond acceptors (Lipinski definition) is 3. The number of sulfone groups is 1. The number of nitrogens with two attached hydrogens (primary N) is 1. The van der Waals surface area contributed by atoms with Gasteiger partial charge in [-0.3, -0.25) is 0 Å². The molecule has 102 valence electrons. The quantitative estimate of drug-likeness (QED) is 0.827. The lowest BCUT2D eigenvalue weighted by molar-refractivity contribution is 0.582. The third kappa shape index (κ3) is 4.10. The number of rotatable bonds is 7. The summed E-state index contributed by atoms with van der Waals surface area (Å²) < 4.78 is 24.3. The Morgan fingerprint density at radius 2 is 1.83 bits per heavy atom. The van der Waals surface area contributed by atoms with Crippen LogP contribution in [0.2, 0.25) is 0 Å². The monoisotopic (exact) mass is 269 g/mol. The van der Waals surface area contributed by atoms with Gasteiger partial charge >= 0.3 is 0 Å². The first-order valence-electron chi connectivity index (χ1n) is 6.57. The SMILES string of the molecule is CCCC(N)Cc1ccccc1S(=O)(=O)CCC. The zero-order chi connectivity index (χ0) is 13.6. The molecule has 18 heavy (non-hydrogen) atoms. The first kappa shape index (κ1) is 15.2. The van der Waals surface area contributed by atoms with Crippen LogP contribution in [-0.2, 0) is 16.3 Å². The van der Waals surface area contributed by atoms with E-state index in [1.54, 1.807) is 12.1 Å². The molecule has 0 aliphatic heterocycles. The van der Waals surface area contributed by atoms with Gasteiger partial charge in [-0.25, -0.2) is 8.42 Å². The standard InChI is InChI=1S/C14H23NO2S/c1-3-7-13(15)11-12-8-5-6-9-14(12)18(16,17)10-4-2/h5-6,8-9,13H,3-4,7,10-11,15H2,1-2H3. The molecular weight excluding hydrogens is 246 g/mol. The summed E-state index contributed by atoms with van der Waals surface area (Å²) in [6, 6.07) is 7.25. The lowest BCUT2D eigenvalue weighted by Gasteiger charge is -2.14. The van der Waals surface area contributed by atoms with Crippen LogP contribution in [-0.4, -0.2) is 20.2 Å². The highest BCUT2D eigenvalue weighted by molar-refractivity contribution is 7.91. The van der Waals surface area contributed by atoms with Crippen molar-refractivity contribution in [2.45, 2.75) is 50.5 Å². The molecule has 0 spiro atoms. The Bertz CT molecular complexity index is 468. The highest BCUT2D eigenvalue weighted by Gasteiger charge is 2.18. The predicted octanol–water partition coefficient (Wildman–Crippen LogP) is 2.54. The van der Waals surface area contributed by atoms with E-state index < -0.39 is 9.84 Å². The van der Waals surface area contributed by atoms with Crippen LogP contribution < -0.4 is 5.73 Å². The van der Waals surface area contributed by atoms with Gasteiger partial charge in [0, 0.05) is 6.04 Å². The summed E-state index contributed by atoms with van der Waals surface area (Å²) in [6.07, 6.45) is 3.21. The molecule has 1 unspecified atom stereocenters. The second kappa shape index (κ2) is 6.90. The van der Waals surface area contributed by atoms with Crippen molar-refractivity contribution in [3.63, 3.8) is 0 Å². The topological polar surface area (TPSA) is 60.2 Å². The van der Waals surface area contributed by atoms with Crippen LogP contribution in [0.4, 0.5) is 0 Å². The Balaban J connectivity index is 3.00. The summed E-state index contributed by atoms with van der Waals surface area (Å²) >= 11 is 0. The van der Waals surface area contributed by atoms with Crippen molar-refractivity contribution < 1.29 is 8.42 Å². The smallest absolute Gasteiger partial charge is 0.178 e. The van der Waals surface area contributed by atoms with Gasteiger partial charge < -0.3 is 5.73 Å². The molecule has 0 saturated carbocycles. The Labute approximate surface area is 110 Å². The summed E-state index contributed by atoms with van der Waals surface area (Å²) in [4.78, 5) is 0.457. The fraction of sp³-hybridized carbons (Fsp3) is 0.571. The molecule has 2 N–H and O–H groups in total. The fourth-order valence-electron chi connectivity index (χ4n) is 2.11. The third-order valence-corrected chi connectivity index (χ3v) is 4.94. The molecule has 3 nitrogen and oxygen atoms in total. The Kier molecular flexibility index (Phi) is 5.82. The first-order chi connectivity index (χ1) is 8.51. The van der Waals surface area contributed by atoms with E-state index in [4.69, 9.17) is 5.73 Å². The molecule has 0 amide bonds. The maximum Gasteiger partial charge on any atom is 0.178 e. The zero-order valence-electron chi connectivity index (χ0n) is 11.2. The van der Waals surface area contributed by atoms with E-state index in [-0.39, 0.29) is 11.8 Å². The Hall–Kier alpha value is -0.870. The van der Waals surface area contributed by atoms with Crippen molar-refractivity contribution >= 4 is 9.84 Å². The maximum atomic E-state index is 12.2. The molecule has 0 aromatic heterocycles. The minimum Gasteiger partial charge on any atom is -0.327 e. The molecule has 0 aliphatic rings. The van der Waals surface area contributed by atoms with E-state index in [1.165, 1.54) is 0 Å². The van der Waals surface area contributed by atoms with Gasteiger partial charge in [0.05, 0.1) is 10.6 Å². The fourth-order valence-corrected chi connectivity index (χ4v) is 3.70. The van der Waals surface area contributed by atoms with Crippen LogP contribution in [0.1, 0.15) is 38.7 Å². The van der Waals surface area contributed by atoms with E-state index in [2.05, 4.69) is 6.92 Å². The average molecular weight is 269 g/mol. The van der Waals surface area contributed by atoms with E-state index >= 15 is 0 Å². The van der Waals surface area contributed by atoms with Crippen molar-refractivity contribution in [3.8, 4) is 0 Å². The molecule has 1 rings (SSSR count). The molecule has 0 saturated heterocycles. The van der Waals surface area contributed by atoms with Crippen LogP contribution in [0.25, 0.3) is 0 Å². The molecule has 1 aromatic carbocycles. The van der Waals surface area contributed by atoms with Crippen LogP contribution in [0, 0.1) is 0 Å². The largest absolute Gasteiger partial charge is 0.327 e. The second-order valence-electron chi connectivity index (χ2n) is 4.68. The molecule has 1 aromatic rings. The van der Waals surface area contributed by atoms with Gasteiger partial charge in [-0.2, -0.15) is 0 Å². The van der Waals surface area contributed by atoms with Crippen LogP contribution in [0.15, 0.2) is 29.2 Å². The normalized spacial score (nSPS) is 13.5. The summed E-state index contributed by atoms with van der Waals surface area (Å²) in [5, 5.41) is 0. The van der Waals surface area contributed by atoms with Crippen LogP contribution in [0.5, 0.6) is 0 Å². The summed E-state index contributed by atoms with van der Waals surface area (Å²) in [7, 11) is -3.16. The van der Waals surface area contributed by atoms with E-state index in [1.807, 2.05) is 19.1 Å². The summed E-state index contributed by atoms with van der Waals surface area (Å²) in [5.41, 5.74) is 6.86. The number of benzene rings is 1. The minimum absolute atomic E-state index is 0.0352. The van der Waals surface area contributed by atoms with Gasteiger partial charge in [-0.15, -0.1) is 0 Å². The van der Waals surface area contributed by atoms with Crippen molar-refractivity contribution in [2.75, 3.05) is 5.75 Å². The van der Waals surface area contributed by atoms with Crippen LogP contribution >= 0.6 is 0 Å². The summed E-state index contributed by atoms with van der Waals surface area (Å²) in [5.74, 6) is 0.201. The van der Waals surface area contributed by atoms with Gasteiger partial charge in [0.15, 0.2) is 9.84 Å². The first-order valence-corrected chi connectivity index (χ1v) is 8.22. The molecule has 4 heteroatoms. The maximum absolute atomic E-state index is 12.2.